The van der Waals surface area contributed by atoms with E-state index in [1.807, 2.05) is 27.0 Å². The highest BCUT2D eigenvalue weighted by atomic mass is 32.1. The van der Waals surface area contributed by atoms with Crippen LogP contribution in [0.15, 0.2) is 41.2 Å². The van der Waals surface area contributed by atoms with Crippen LogP contribution in [0.1, 0.15) is 52.2 Å². The molecule has 10 nitrogen and oxygen atoms in total. The molecule has 2 aliphatic rings. The van der Waals surface area contributed by atoms with E-state index in [0.29, 0.717) is 28.4 Å². The van der Waals surface area contributed by atoms with Crippen molar-refractivity contribution < 1.29 is 14.3 Å². The summed E-state index contributed by atoms with van der Waals surface area (Å²) in [6.45, 7) is 6.91. The summed E-state index contributed by atoms with van der Waals surface area (Å²) in [7, 11) is 3.42. The van der Waals surface area contributed by atoms with Gasteiger partial charge in [-0.2, -0.15) is 10.2 Å². The molecule has 0 bridgehead atoms. The van der Waals surface area contributed by atoms with Crippen molar-refractivity contribution in [2.75, 3.05) is 23.7 Å². The van der Waals surface area contributed by atoms with Gasteiger partial charge < -0.3 is 15.7 Å². The molecular weight excluding hydrogens is 545 g/mol. The second kappa shape index (κ2) is 10.2. The number of fused-ring (bicyclic) bond motifs is 1. The van der Waals surface area contributed by atoms with E-state index in [1.54, 1.807) is 29.9 Å². The monoisotopic (exact) mass is 577 g/mol. The summed E-state index contributed by atoms with van der Waals surface area (Å²) < 4.78 is 17.8. The van der Waals surface area contributed by atoms with Crippen molar-refractivity contribution in [1.29, 1.82) is 0 Å². The molecule has 1 aliphatic heterocycles. The van der Waals surface area contributed by atoms with Crippen LogP contribution < -0.4 is 16.2 Å². The van der Waals surface area contributed by atoms with Crippen LogP contribution in [0.25, 0.3) is 11.3 Å². The molecule has 3 N–H and O–H groups in total. The molecule has 214 valence electrons. The van der Waals surface area contributed by atoms with E-state index in [4.69, 9.17) is 0 Å². The average molecular weight is 578 g/mol. The van der Waals surface area contributed by atoms with Gasteiger partial charge in [-0.25, -0.2) is 9.07 Å². The number of aliphatic hydroxyl groups is 1. The minimum absolute atomic E-state index is 0.00698. The van der Waals surface area contributed by atoms with Gasteiger partial charge in [0, 0.05) is 37.1 Å². The van der Waals surface area contributed by atoms with Gasteiger partial charge in [0.15, 0.2) is 5.82 Å². The maximum atomic E-state index is 14.8. The molecule has 4 aromatic rings. The predicted molar refractivity (Wildman–Crippen MR) is 156 cm³/mol. The van der Waals surface area contributed by atoms with Gasteiger partial charge in [0.05, 0.1) is 28.1 Å². The number of hydrogen-bond donors (Lipinski definition) is 3. The van der Waals surface area contributed by atoms with Crippen LogP contribution in [0.2, 0.25) is 0 Å². The summed E-state index contributed by atoms with van der Waals surface area (Å²) in [6.07, 6.45) is 1.23. The topological polar surface area (TPSA) is 117 Å². The number of nitrogens with zero attached hydrogens (tertiary/aromatic N) is 5. The number of nitrogens with one attached hydrogen (secondary N) is 2. The normalized spacial score (nSPS) is 17.8. The molecular formula is C29H32FN7O3S. The van der Waals surface area contributed by atoms with E-state index in [1.165, 1.54) is 34.6 Å². The van der Waals surface area contributed by atoms with Gasteiger partial charge in [0.2, 0.25) is 0 Å². The van der Waals surface area contributed by atoms with Crippen LogP contribution in [0, 0.1) is 11.2 Å². The Morgan fingerprint density at radius 3 is 2.61 bits per heavy atom. The molecule has 41 heavy (non-hydrogen) atoms. The van der Waals surface area contributed by atoms with Gasteiger partial charge in [-0.1, -0.05) is 13.8 Å². The van der Waals surface area contributed by atoms with Crippen LogP contribution in [-0.4, -0.2) is 48.6 Å². The number of halogens is 1. The van der Waals surface area contributed by atoms with Gasteiger partial charge in [0.25, 0.3) is 11.5 Å². The van der Waals surface area contributed by atoms with Gasteiger partial charge in [-0.15, -0.1) is 11.3 Å². The van der Waals surface area contributed by atoms with Gasteiger partial charge in [0.1, 0.15) is 11.5 Å². The quantitative estimate of drug-likeness (QED) is 0.301. The van der Waals surface area contributed by atoms with Crippen LogP contribution in [-0.2, 0) is 27.1 Å². The Morgan fingerprint density at radius 1 is 1.12 bits per heavy atom. The van der Waals surface area contributed by atoms with Crippen LogP contribution >= 0.6 is 11.3 Å². The van der Waals surface area contributed by atoms with E-state index in [2.05, 4.69) is 25.7 Å². The minimum Gasteiger partial charge on any atom is -0.388 e. The van der Waals surface area contributed by atoms with Crippen molar-refractivity contribution in [1.82, 2.24) is 24.5 Å². The highest BCUT2D eigenvalue weighted by Gasteiger charge is 2.40. The van der Waals surface area contributed by atoms with Crippen LogP contribution in [0.5, 0.6) is 0 Å². The summed E-state index contributed by atoms with van der Waals surface area (Å²) in [4.78, 5) is 29.6. The van der Waals surface area contributed by atoms with Gasteiger partial charge >= 0.3 is 0 Å². The number of benzene rings is 1. The molecule has 4 heterocycles. The lowest BCUT2D eigenvalue weighted by Gasteiger charge is -2.30. The highest BCUT2D eigenvalue weighted by molar-refractivity contribution is 7.14. The van der Waals surface area contributed by atoms with Gasteiger partial charge in [-0.05, 0) is 67.2 Å². The number of hydrogen-bond acceptors (Lipinski definition) is 8. The molecule has 3 aromatic heterocycles. The summed E-state index contributed by atoms with van der Waals surface area (Å²) in [5.74, 6) is -0.509. The molecule has 1 fully saturated rings. The van der Waals surface area contributed by atoms with Crippen molar-refractivity contribution in [3.8, 4) is 11.3 Å². The first-order valence-corrected chi connectivity index (χ1v) is 14.3. The fraction of sp³-hybridized carbons (Fsp3) is 0.379. The number of anilines is 3. The SMILES string of the molecule is Cn1nc(Nc2cc(-c3ccc(F)c(NC(=O)c4cc5c(s4)CC(C)(C)[C@H]5O)c3)nn(C)c2=O)cc1CN1CCC1. The number of carbonyl (C=O) groups is 1. The molecule has 1 atom stereocenters. The van der Waals surface area contributed by atoms with Crippen molar-refractivity contribution in [2.24, 2.45) is 19.5 Å². The van der Waals surface area contributed by atoms with Crippen molar-refractivity contribution >= 4 is 34.4 Å². The largest absolute Gasteiger partial charge is 0.388 e. The smallest absolute Gasteiger partial charge is 0.290 e. The van der Waals surface area contributed by atoms with Crippen molar-refractivity contribution in [3.63, 3.8) is 0 Å². The lowest BCUT2D eigenvalue weighted by Crippen LogP contribution is -2.36. The van der Waals surface area contributed by atoms with Crippen molar-refractivity contribution in [2.45, 2.75) is 39.3 Å². The number of likely N-dealkylation sites (tertiary alicyclic amines) is 1. The first kappa shape index (κ1) is 27.3. The summed E-state index contributed by atoms with van der Waals surface area (Å²) in [6, 6.07) is 9.50. The summed E-state index contributed by atoms with van der Waals surface area (Å²) in [5, 5.41) is 25.2. The number of rotatable bonds is 7. The van der Waals surface area contributed by atoms with Crippen LogP contribution in [0.4, 0.5) is 21.6 Å². The average Bonchev–Trinajstić information content (AvgIpc) is 3.52. The molecule has 0 radical (unpaired) electrons. The first-order valence-electron chi connectivity index (χ1n) is 13.5. The molecule has 0 spiro atoms. The second-order valence-electron chi connectivity index (χ2n) is 11.5. The van der Waals surface area contributed by atoms with E-state index in [0.717, 1.165) is 35.8 Å². The Morgan fingerprint density at radius 2 is 1.90 bits per heavy atom. The van der Waals surface area contributed by atoms with Crippen molar-refractivity contribution in [3.05, 3.63) is 73.6 Å². The Labute approximate surface area is 240 Å². The van der Waals surface area contributed by atoms with E-state index >= 15 is 0 Å². The standard InChI is InChI=1S/C29H32FN7O3S/c1-29(2)14-24-18(26(29)38)12-23(41-24)27(39)32-21-10-16(6-7-19(21)30)20-13-22(28(40)36(4)33-20)31-25-11-17(35(3)34-25)15-37-8-5-9-37/h6-7,10-13,26,38H,5,8-9,14-15H2,1-4H3,(H,31,34)(H,32,39)/t26-/m0/s1. The fourth-order valence-corrected chi connectivity index (χ4v) is 6.61. The lowest BCUT2D eigenvalue weighted by molar-refractivity contribution is 0.0665. The molecule has 1 amide bonds. The zero-order chi connectivity index (χ0) is 29.1. The number of thiophene rings is 1. The zero-order valence-corrected chi connectivity index (χ0v) is 24.2. The molecule has 0 unspecified atom stereocenters. The molecule has 1 aliphatic carbocycles. The van der Waals surface area contributed by atoms with E-state index in [9.17, 15) is 19.1 Å². The Balaban J connectivity index is 1.23. The van der Waals surface area contributed by atoms with E-state index < -0.39 is 17.8 Å². The van der Waals surface area contributed by atoms with Crippen LogP contribution in [0.3, 0.4) is 0 Å². The third-order valence-electron chi connectivity index (χ3n) is 7.86. The Hall–Kier alpha value is -3.87. The predicted octanol–water partition coefficient (Wildman–Crippen LogP) is 4.20. The molecule has 12 heteroatoms. The zero-order valence-electron chi connectivity index (χ0n) is 23.4. The molecule has 1 aromatic carbocycles. The summed E-state index contributed by atoms with van der Waals surface area (Å²) in [5.41, 5.74) is 2.38. The number of amides is 1. The Kier molecular flexibility index (Phi) is 6.79. The van der Waals surface area contributed by atoms with E-state index in [-0.39, 0.29) is 22.3 Å². The maximum Gasteiger partial charge on any atom is 0.290 e. The number of carbonyl (C=O) groups excluding carboxylic acids is 1. The number of aromatic nitrogens is 4. The van der Waals surface area contributed by atoms with Gasteiger partial charge in [-0.3, -0.25) is 19.2 Å². The number of aryl methyl sites for hydroxylation is 2. The molecule has 1 saturated heterocycles. The highest BCUT2D eigenvalue weighted by Crippen LogP contribution is 2.48. The second-order valence-corrected chi connectivity index (χ2v) is 12.6. The fourth-order valence-electron chi connectivity index (χ4n) is 5.28. The maximum absolute atomic E-state index is 14.8. The Bertz CT molecular complexity index is 1720. The third-order valence-corrected chi connectivity index (χ3v) is 9.01. The third kappa shape index (κ3) is 5.18. The lowest BCUT2D eigenvalue weighted by atomic mass is 9.88. The minimum atomic E-state index is -0.646. The molecule has 6 rings (SSSR count). The number of aliphatic hydroxyl groups excluding tert-OH is 1. The molecule has 0 saturated carbocycles. The first-order chi connectivity index (χ1) is 19.5. The summed E-state index contributed by atoms with van der Waals surface area (Å²) >= 11 is 1.32.